The first-order valence-electron chi connectivity index (χ1n) is 9.71. The van der Waals surface area contributed by atoms with Gasteiger partial charge in [-0.05, 0) is 30.4 Å². The van der Waals surface area contributed by atoms with Crippen molar-refractivity contribution in [3.05, 3.63) is 46.5 Å². The first kappa shape index (κ1) is 23.3. The van der Waals surface area contributed by atoms with Crippen LogP contribution in [-0.4, -0.2) is 53.4 Å². The molecule has 170 valence electrons. The summed E-state index contributed by atoms with van der Waals surface area (Å²) in [6, 6.07) is 6.47. The maximum atomic E-state index is 12.6. The number of nitrogens with one attached hydrogen (secondary N) is 1. The van der Waals surface area contributed by atoms with E-state index < -0.39 is 12.1 Å². The van der Waals surface area contributed by atoms with Gasteiger partial charge in [0.25, 0.3) is 0 Å². The topological polar surface area (TPSA) is 92.0 Å². The molecule has 0 saturated carbocycles. The van der Waals surface area contributed by atoms with E-state index in [4.69, 9.17) is 19.1 Å². The Balaban J connectivity index is 0.000000339. The van der Waals surface area contributed by atoms with Crippen LogP contribution in [0.15, 0.2) is 40.5 Å². The minimum absolute atomic E-state index is 0.0174. The second kappa shape index (κ2) is 10.3. The number of carbonyl (C=O) groups is 2. The largest absolute Gasteiger partial charge is 0.490 e. The Morgan fingerprint density at radius 1 is 1.32 bits per heavy atom. The number of likely N-dealkylation sites (tertiary alicyclic amines) is 1. The summed E-state index contributed by atoms with van der Waals surface area (Å²) in [5, 5.41) is 12.2. The molecule has 1 amide bonds. The fourth-order valence-corrected chi connectivity index (χ4v) is 4.42. The van der Waals surface area contributed by atoms with E-state index >= 15 is 0 Å². The Morgan fingerprint density at radius 2 is 2.10 bits per heavy atom. The highest BCUT2D eigenvalue weighted by atomic mass is 32.1. The predicted molar refractivity (Wildman–Crippen MR) is 105 cm³/mol. The van der Waals surface area contributed by atoms with Gasteiger partial charge in [-0.25, -0.2) is 4.79 Å². The Labute approximate surface area is 180 Å². The summed E-state index contributed by atoms with van der Waals surface area (Å²) >= 11 is 1.67. The number of rotatable bonds is 5. The highest BCUT2D eigenvalue weighted by molar-refractivity contribution is 7.09. The molecule has 2 saturated heterocycles. The van der Waals surface area contributed by atoms with Crippen molar-refractivity contribution in [2.24, 2.45) is 5.92 Å². The molecular formula is C20H23F3N2O5S. The molecule has 2 aliphatic heterocycles. The van der Waals surface area contributed by atoms with Crippen LogP contribution in [0.25, 0.3) is 0 Å². The number of hydrogen-bond donors (Lipinski definition) is 2. The molecule has 2 aliphatic rings. The van der Waals surface area contributed by atoms with Gasteiger partial charge in [0.1, 0.15) is 0 Å². The van der Waals surface area contributed by atoms with Crippen molar-refractivity contribution in [3.8, 4) is 0 Å². The lowest BCUT2D eigenvalue weighted by Gasteiger charge is -2.40. The number of nitrogens with zero attached hydrogens (tertiary/aromatic N) is 1. The van der Waals surface area contributed by atoms with Gasteiger partial charge in [-0.3, -0.25) is 9.69 Å². The summed E-state index contributed by atoms with van der Waals surface area (Å²) < 4.78 is 42.8. The van der Waals surface area contributed by atoms with Gasteiger partial charge in [0.15, 0.2) is 0 Å². The fraction of sp³-hybridized carbons (Fsp3) is 0.500. The number of ether oxygens (including phenoxy) is 1. The molecule has 2 N–H and O–H groups in total. The molecule has 0 bridgehead atoms. The summed E-state index contributed by atoms with van der Waals surface area (Å²) in [4.78, 5) is 25.1. The maximum absolute atomic E-state index is 12.6. The molecule has 0 spiro atoms. The molecule has 0 unspecified atom stereocenters. The molecule has 2 aromatic heterocycles. The zero-order valence-corrected chi connectivity index (χ0v) is 17.3. The van der Waals surface area contributed by atoms with Crippen LogP contribution in [0.5, 0.6) is 0 Å². The zero-order valence-electron chi connectivity index (χ0n) is 16.5. The van der Waals surface area contributed by atoms with Crippen LogP contribution >= 0.6 is 11.3 Å². The minimum Gasteiger partial charge on any atom is -0.475 e. The van der Waals surface area contributed by atoms with Crippen LogP contribution < -0.4 is 5.32 Å². The SMILES string of the molecule is O=C(NCc1cccs1)[C@@H]1C[C@H]2OCC[C@H]2N(Cc2ccoc2)C1.O=C(O)C(F)(F)F. The molecule has 0 aliphatic carbocycles. The number of fused-ring (bicyclic) bond motifs is 1. The van der Waals surface area contributed by atoms with Crippen LogP contribution in [0, 0.1) is 5.92 Å². The van der Waals surface area contributed by atoms with Crippen LogP contribution in [0.3, 0.4) is 0 Å². The van der Waals surface area contributed by atoms with E-state index in [0.29, 0.717) is 12.6 Å². The Morgan fingerprint density at radius 3 is 2.71 bits per heavy atom. The van der Waals surface area contributed by atoms with Gasteiger partial charge in [-0.2, -0.15) is 13.2 Å². The molecule has 11 heteroatoms. The van der Waals surface area contributed by atoms with Crippen molar-refractivity contribution in [1.29, 1.82) is 0 Å². The number of carboxylic acids is 1. The van der Waals surface area contributed by atoms with Crippen molar-refractivity contribution >= 4 is 23.2 Å². The number of carbonyl (C=O) groups excluding carboxylic acids is 1. The van der Waals surface area contributed by atoms with Crippen LogP contribution in [0.2, 0.25) is 0 Å². The first-order chi connectivity index (χ1) is 14.7. The van der Waals surface area contributed by atoms with E-state index in [9.17, 15) is 18.0 Å². The summed E-state index contributed by atoms with van der Waals surface area (Å²) in [5.74, 6) is -2.64. The molecule has 2 fully saturated rings. The lowest BCUT2D eigenvalue weighted by atomic mass is 9.89. The molecule has 7 nitrogen and oxygen atoms in total. The summed E-state index contributed by atoms with van der Waals surface area (Å²) in [7, 11) is 0. The van der Waals surface area contributed by atoms with Gasteiger partial charge in [-0.15, -0.1) is 11.3 Å². The van der Waals surface area contributed by atoms with Gasteiger partial charge < -0.3 is 19.6 Å². The van der Waals surface area contributed by atoms with Crippen LogP contribution in [0.1, 0.15) is 23.3 Å². The van der Waals surface area contributed by atoms with Crippen molar-refractivity contribution < 1.29 is 37.0 Å². The third-order valence-electron chi connectivity index (χ3n) is 5.21. The number of hydrogen-bond acceptors (Lipinski definition) is 6. The van der Waals surface area contributed by atoms with E-state index in [2.05, 4.69) is 10.2 Å². The summed E-state index contributed by atoms with van der Waals surface area (Å²) in [6.45, 7) is 3.01. The molecular weight excluding hydrogens is 437 g/mol. The summed E-state index contributed by atoms with van der Waals surface area (Å²) in [6.07, 6.45) is 0.441. The third kappa shape index (κ3) is 6.55. The normalized spacial score (nSPS) is 23.5. The standard InChI is InChI=1S/C18H22N2O3S.C2HF3O2/c21-18(19-9-15-2-1-7-24-15)14-8-17-16(4-6-23-17)20(11-14)10-13-3-5-22-12-13;3-2(4,5)1(6)7/h1-3,5,7,12,14,16-17H,4,6,8-11H2,(H,19,21);(H,6,7)/t14-,16-,17-;/m1./s1. The number of alkyl halides is 3. The third-order valence-corrected chi connectivity index (χ3v) is 6.09. The van der Waals surface area contributed by atoms with Crippen molar-refractivity contribution in [3.63, 3.8) is 0 Å². The smallest absolute Gasteiger partial charge is 0.475 e. The van der Waals surface area contributed by atoms with Gasteiger partial charge in [0, 0.05) is 36.2 Å². The molecule has 3 atom stereocenters. The number of furan rings is 1. The maximum Gasteiger partial charge on any atom is 0.490 e. The van der Waals surface area contributed by atoms with Crippen LogP contribution in [0.4, 0.5) is 13.2 Å². The van der Waals surface area contributed by atoms with Gasteiger partial charge in [0.2, 0.25) is 5.91 Å². The average molecular weight is 460 g/mol. The molecule has 0 aromatic carbocycles. The average Bonchev–Trinajstić information content (AvgIpc) is 3.47. The van der Waals surface area contributed by atoms with Crippen molar-refractivity contribution in [1.82, 2.24) is 10.2 Å². The highest BCUT2D eigenvalue weighted by Crippen LogP contribution is 2.32. The molecule has 4 rings (SSSR count). The Hall–Kier alpha value is -2.37. The lowest BCUT2D eigenvalue weighted by Crippen LogP contribution is -2.52. The quantitative estimate of drug-likeness (QED) is 0.712. The van der Waals surface area contributed by atoms with Gasteiger partial charge in [0.05, 0.1) is 31.1 Å². The van der Waals surface area contributed by atoms with E-state index in [1.807, 2.05) is 23.6 Å². The predicted octanol–water partition coefficient (Wildman–Crippen LogP) is 3.27. The number of halogens is 3. The number of amides is 1. The van der Waals surface area contributed by atoms with E-state index in [1.165, 1.54) is 4.88 Å². The van der Waals surface area contributed by atoms with Crippen LogP contribution in [-0.2, 0) is 27.4 Å². The second-order valence-corrected chi connectivity index (χ2v) is 8.39. The van der Waals surface area contributed by atoms with Crippen molar-refractivity contribution in [2.45, 2.75) is 44.3 Å². The zero-order chi connectivity index (χ0) is 22.4. The molecule has 31 heavy (non-hydrogen) atoms. The Kier molecular flexibility index (Phi) is 7.74. The number of thiophene rings is 1. The van der Waals surface area contributed by atoms with E-state index in [0.717, 1.165) is 38.1 Å². The second-order valence-electron chi connectivity index (χ2n) is 7.36. The molecule has 2 aromatic rings. The Bertz CT molecular complexity index is 842. The number of piperidine rings is 1. The van der Waals surface area contributed by atoms with E-state index in [-0.39, 0.29) is 17.9 Å². The number of aliphatic carboxylic acids is 1. The van der Waals surface area contributed by atoms with Gasteiger partial charge >= 0.3 is 12.1 Å². The minimum atomic E-state index is -5.08. The first-order valence-corrected chi connectivity index (χ1v) is 10.6. The lowest BCUT2D eigenvalue weighted by molar-refractivity contribution is -0.192. The number of carboxylic acid groups (broad SMARTS) is 1. The summed E-state index contributed by atoms with van der Waals surface area (Å²) in [5.41, 5.74) is 1.15. The van der Waals surface area contributed by atoms with Crippen molar-refractivity contribution in [2.75, 3.05) is 13.2 Å². The fourth-order valence-electron chi connectivity index (χ4n) is 3.77. The van der Waals surface area contributed by atoms with Gasteiger partial charge in [-0.1, -0.05) is 6.07 Å². The highest BCUT2D eigenvalue weighted by Gasteiger charge is 2.42. The molecule has 4 heterocycles. The molecule has 0 radical (unpaired) electrons. The monoisotopic (exact) mass is 460 g/mol. The van der Waals surface area contributed by atoms with E-state index in [1.54, 1.807) is 23.9 Å².